The van der Waals surface area contributed by atoms with E-state index in [9.17, 15) is 4.79 Å². The predicted molar refractivity (Wildman–Crippen MR) is 86.3 cm³/mol. The second-order valence-corrected chi connectivity index (χ2v) is 6.05. The first kappa shape index (κ1) is 12.3. The Bertz CT molecular complexity index is 1090. The number of aryl methyl sites for hydroxylation is 2. The maximum absolute atomic E-state index is 12.3. The number of para-hydroxylation sites is 1. The van der Waals surface area contributed by atoms with Crippen molar-refractivity contribution in [2.75, 3.05) is 5.84 Å². The van der Waals surface area contributed by atoms with Gasteiger partial charge in [-0.05, 0) is 25.5 Å². The van der Waals surface area contributed by atoms with E-state index in [1.165, 1.54) is 11.3 Å². The van der Waals surface area contributed by atoms with Crippen LogP contribution in [-0.2, 0) is 0 Å². The van der Waals surface area contributed by atoms with Crippen LogP contribution >= 0.6 is 11.3 Å². The van der Waals surface area contributed by atoms with Crippen molar-refractivity contribution in [1.29, 1.82) is 0 Å². The van der Waals surface area contributed by atoms with Crippen LogP contribution in [0.3, 0.4) is 0 Å². The fraction of sp³-hybridized carbons (Fsp3) is 0.133. The van der Waals surface area contributed by atoms with Crippen molar-refractivity contribution in [2.24, 2.45) is 0 Å². The molecule has 104 valence electrons. The summed E-state index contributed by atoms with van der Waals surface area (Å²) in [4.78, 5) is 22.3. The lowest BCUT2D eigenvalue weighted by molar-refractivity contribution is 0.855. The summed E-state index contributed by atoms with van der Waals surface area (Å²) in [5.74, 6) is 6.24. The lowest BCUT2D eigenvalue weighted by Gasteiger charge is -2.04. The van der Waals surface area contributed by atoms with Gasteiger partial charge in [0.2, 0.25) is 0 Å². The molecule has 0 saturated carbocycles. The number of nitrogens with two attached hydrogens (primary N) is 1. The molecule has 3 heterocycles. The van der Waals surface area contributed by atoms with Gasteiger partial charge >= 0.3 is 0 Å². The van der Waals surface area contributed by atoms with Gasteiger partial charge in [-0.1, -0.05) is 18.2 Å². The molecule has 4 rings (SSSR count). The number of rotatable bonds is 0. The number of pyridine rings is 1. The van der Waals surface area contributed by atoms with Gasteiger partial charge in [-0.25, -0.2) is 14.6 Å². The fourth-order valence-electron chi connectivity index (χ4n) is 2.68. The van der Waals surface area contributed by atoms with Crippen LogP contribution in [0.5, 0.6) is 0 Å². The first-order valence-corrected chi connectivity index (χ1v) is 7.36. The van der Waals surface area contributed by atoms with Crippen molar-refractivity contribution in [2.45, 2.75) is 13.8 Å². The Balaban J connectivity index is 2.34. The van der Waals surface area contributed by atoms with Gasteiger partial charge in [0.15, 0.2) is 0 Å². The van der Waals surface area contributed by atoms with Gasteiger partial charge in [-0.15, -0.1) is 11.3 Å². The Morgan fingerprint density at radius 1 is 1.19 bits per heavy atom. The zero-order valence-electron chi connectivity index (χ0n) is 11.5. The maximum atomic E-state index is 12.3. The minimum Gasteiger partial charge on any atom is -0.335 e. The first-order chi connectivity index (χ1) is 10.1. The molecule has 2 N–H and O–H groups in total. The molecule has 0 aliphatic heterocycles. The third kappa shape index (κ3) is 1.53. The highest BCUT2D eigenvalue weighted by Crippen LogP contribution is 2.34. The molecule has 0 aliphatic carbocycles. The van der Waals surface area contributed by atoms with Crippen molar-refractivity contribution in [3.63, 3.8) is 0 Å². The molecule has 0 atom stereocenters. The molecule has 0 bridgehead atoms. The van der Waals surface area contributed by atoms with Crippen molar-refractivity contribution < 1.29 is 0 Å². The molecule has 0 saturated heterocycles. The number of fused-ring (bicyclic) bond motifs is 4. The lowest BCUT2D eigenvalue weighted by atomic mass is 10.1. The molecule has 4 aromatic rings. The average molecular weight is 296 g/mol. The number of nitrogens with zero attached hydrogens (tertiary/aromatic N) is 3. The fourth-order valence-corrected chi connectivity index (χ4v) is 3.80. The zero-order valence-corrected chi connectivity index (χ0v) is 12.4. The van der Waals surface area contributed by atoms with Gasteiger partial charge in [0.1, 0.15) is 15.4 Å². The molecule has 0 unspecified atom stereocenters. The summed E-state index contributed by atoms with van der Waals surface area (Å²) in [6.07, 6.45) is 0. The molecular weight excluding hydrogens is 284 g/mol. The summed E-state index contributed by atoms with van der Waals surface area (Å²) in [6, 6.07) is 7.97. The van der Waals surface area contributed by atoms with Gasteiger partial charge in [0, 0.05) is 10.8 Å². The topological polar surface area (TPSA) is 73.8 Å². The highest BCUT2D eigenvalue weighted by atomic mass is 32.1. The molecule has 21 heavy (non-hydrogen) atoms. The smallest absolute Gasteiger partial charge is 0.289 e. The van der Waals surface area contributed by atoms with E-state index in [1.807, 2.05) is 31.2 Å². The number of nitrogen functional groups attached to an aromatic ring is 1. The van der Waals surface area contributed by atoms with Gasteiger partial charge in [0.25, 0.3) is 5.56 Å². The molecule has 0 fully saturated rings. The maximum Gasteiger partial charge on any atom is 0.289 e. The second kappa shape index (κ2) is 4.02. The van der Waals surface area contributed by atoms with Crippen LogP contribution in [0.4, 0.5) is 0 Å². The second-order valence-electron chi connectivity index (χ2n) is 5.05. The summed E-state index contributed by atoms with van der Waals surface area (Å²) in [6.45, 7) is 3.78. The van der Waals surface area contributed by atoms with Gasteiger partial charge in [-0.2, -0.15) is 0 Å². The Hall–Kier alpha value is -2.47. The highest BCUT2D eigenvalue weighted by molar-refractivity contribution is 7.25. The lowest BCUT2D eigenvalue weighted by Crippen LogP contribution is -2.29. The van der Waals surface area contributed by atoms with E-state index in [4.69, 9.17) is 5.84 Å². The van der Waals surface area contributed by atoms with E-state index in [0.29, 0.717) is 16.0 Å². The Morgan fingerprint density at radius 3 is 2.76 bits per heavy atom. The molecule has 0 aliphatic rings. The number of thiophene rings is 1. The highest BCUT2D eigenvalue weighted by Gasteiger charge is 2.17. The van der Waals surface area contributed by atoms with E-state index in [1.54, 1.807) is 6.92 Å². The molecule has 6 heteroatoms. The Morgan fingerprint density at radius 2 is 1.95 bits per heavy atom. The van der Waals surface area contributed by atoms with Crippen LogP contribution in [0.1, 0.15) is 11.4 Å². The minimum absolute atomic E-state index is 0.219. The molecule has 0 radical (unpaired) electrons. The standard InChI is InChI=1S/C15H12N4OS/c1-7-9-5-3-4-6-10(9)18-14-11(7)12-13(21-14)15(20)19(16)8(2)17-12/h3-6H,16H2,1-2H3. The summed E-state index contributed by atoms with van der Waals surface area (Å²) >= 11 is 1.35. The molecule has 0 amide bonds. The molecular formula is C15H12N4OS. The zero-order chi connectivity index (χ0) is 14.7. The van der Waals surface area contributed by atoms with Gasteiger partial charge in [0.05, 0.1) is 11.0 Å². The summed E-state index contributed by atoms with van der Waals surface area (Å²) in [5.41, 5.74) is 2.51. The summed E-state index contributed by atoms with van der Waals surface area (Å²) in [7, 11) is 0. The van der Waals surface area contributed by atoms with E-state index in [2.05, 4.69) is 9.97 Å². The largest absolute Gasteiger partial charge is 0.335 e. The SMILES string of the molecule is Cc1c2ccccc2nc2sc3c(=O)n(N)c(C)nc3c12. The van der Waals surface area contributed by atoms with Crippen LogP contribution < -0.4 is 11.4 Å². The number of aromatic nitrogens is 3. The van der Waals surface area contributed by atoms with Crippen molar-refractivity contribution in [1.82, 2.24) is 14.6 Å². The molecule has 1 aromatic carbocycles. The monoisotopic (exact) mass is 296 g/mol. The van der Waals surface area contributed by atoms with Gasteiger partial charge < -0.3 is 5.84 Å². The Kier molecular flexibility index (Phi) is 2.35. The molecule has 0 spiro atoms. The molecule has 5 nitrogen and oxygen atoms in total. The third-order valence-corrected chi connectivity index (χ3v) is 4.87. The summed E-state index contributed by atoms with van der Waals surface area (Å²) < 4.78 is 1.65. The van der Waals surface area contributed by atoms with Crippen molar-refractivity contribution in [3.05, 3.63) is 46.0 Å². The van der Waals surface area contributed by atoms with Crippen LogP contribution in [0.15, 0.2) is 29.1 Å². The van der Waals surface area contributed by atoms with Crippen LogP contribution in [-0.4, -0.2) is 14.6 Å². The van der Waals surface area contributed by atoms with Crippen LogP contribution in [0.25, 0.3) is 31.3 Å². The predicted octanol–water partition coefficient (Wildman–Crippen LogP) is 2.49. The van der Waals surface area contributed by atoms with E-state index in [-0.39, 0.29) is 5.56 Å². The van der Waals surface area contributed by atoms with Gasteiger partial charge in [-0.3, -0.25) is 4.79 Å². The quantitative estimate of drug-likeness (QED) is 0.506. The summed E-state index contributed by atoms with van der Waals surface area (Å²) in [5, 5.41) is 2.04. The van der Waals surface area contributed by atoms with Crippen LogP contribution in [0.2, 0.25) is 0 Å². The van der Waals surface area contributed by atoms with E-state index < -0.39 is 0 Å². The number of benzene rings is 1. The van der Waals surface area contributed by atoms with E-state index in [0.717, 1.165) is 31.4 Å². The number of hydrogen-bond donors (Lipinski definition) is 1. The van der Waals surface area contributed by atoms with Crippen LogP contribution in [0, 0.1) is 13.8 Å². The van der Waals surface area contributed by atoms with Crippen molar-refractivity contribution in [3.8, 4) is 0 Å². The first-order valence-electron chi connectivity index (χ1n) is 6.54. The van der Waals surface area contributed by atoms with Crippen molar-refractivity contribution >= 4 is 42.7 Å². The number of hydrogen-bond acceptors (Lipinski definition) is 5. The Labute approximate surface area is 123 Å². The average Bonchev–Trinajstić information content (AvgIpc) is 2.84. The molecule has 3 aromatic heterocycles. The minimum atomic E-state index is -0.219. The van der Waals surface area contributed by atoms with E-state index >= 15 is 0 Å². The third-order valence-electron chi connectivity index (χ3n) is 3.80. The normalized spacial score (nSPS) is 11.7.